The first-order valence-electron chi connectivity index (χ1n) is 4.39. The molecule has 0 bridgehead atoms. The van der Waals surface area contributed by atoms with Gasteiger partial charge >= 0.3 is 0 Å². The van der Waals surface area contributed by atoms with Gasteiger partial charge in [0.15, 0.2) is 5.78 Å². The maximum Gasteiger partial charge on any atom is 0.181 e. The maximum atomic E-state index is 12.5. The monoisotopic (exact) mass is 179 g/mol. The molecule has 0 N–H and O–H groups in total. The van der Waals surface area contributed by atoms with Gasteiger partial charge < -0.3 is 0 Å². The smallest absolute Gasteiger partial charge is 0.181 e. The Bertz CT molecular complexity index is 349. The highest BCUT2D eigenvalue weighted by Crippen LogP contribution is 2.22. The number of rotatable bonds is 1. The summed E-state index contributed by atoms with van der Waals surface area (Å²) in [6, 6.07) is 1.65. The van der Waals surface area contributed by atoms with Crippen LogP contribution in [0.25, 0.3) is 0 Å². The molecule has 0 unspecified atom stereocenters. The molecule has 0 fully saturated rings. The van der Waals surface area contributed by atoms with Crippen molar-refractivity contribution in [3.05, 3.63) is 29.1 Å². The minimum atomic E-state index is -0.502. The van der Waals surface area contributed by atoms with Crippen LogP contribution in [-0.4, -0.2) is 10.8 Å². The second-order valence-electron chi connectivity index (χ2n) is 3.21. The summed E-state index contributed by atoms with van der Waals surface area (Å²) in [6.07, 6.45) is 3.67. The summed E-state index contributed by atoms with van der Waals surface area (Å²) in [5.41, 5.74) is 1.93. The van der Waals surface area contributed by atoms with E-state index in [1.807, 2.05) is 0 Å². The highest BCUT2D eigenvalue weighted by molar-refractivity contribution is 5.96. The van der Waals surface area contributed by atoms with Crippen LogP contribution in [-0.2, 0) is 13.1 Å². The van der Waals surface area contributed by atoms with Crippen molar-refractivity contribution in [3.8, 4) is 0 Å². The third-order valence-electron chi connectivity index (χ3n) is 2.39. The molecule has 3 heteroatoms. The number of pyridine rings is 1. The molecule has 13 heavy (non-hydrogen) atoms. The maximum absolute atomic E-state index is 12.5. The summed E-state index contributed by atoms with van der Waals surface area (Å²) in [7, 11) is 0. The van der Waals surface area contributed by atoms with Crippen LogP contribution >= 0.6 is 0 Å². The average Bonchev–Trinajstić information content (AvgIpc) is 2.18. The van der Waals surface area contributed by atoms with E-state index in [0.717, 1.165) is 18.4 Å². The standard InChI is InChI=1S/C10H10FNO/c11-6-7-4-5-12-10-8(7)2-1-3-9(10)13/h4-5H,1-3,6H2. The molecule has 0 amide bonds. The normalized spacial score (nSPS) is 15.6. The molecule has 0 spiro atoms. The van der Waals surface area contributed by atoms with Gasteiger partial charge in [0.2, 0.25) is 0 Å². The fraction of sp³-hybridized carbons (Fsp3) is 0.400. The first-order valence-corrected chi connectivity index (χ1v) is 4.39. The van der Waals surface area contributed by atoms with E-state index >= 15 is 0 Å². The molecule has 1 aliphatic rings. The van der Waals surface area contributed by atoms with Gasteiger partial charge in [-0.3, -0.25) is 9.78 Å². The number of carbonyl (C=O) groups excluding carboxylic acids is 1. The number of ketones is 1. The van der Waals surface area contributed by atoms with Crippen LogP contribution in [0.15, 0.2) is 12.3 Å². The predicted octanol–water partition coefficient (Wildman–Crippen LogP) is 2.07. The topological polar surface area (TPSA) is 30.0 Å². The van der Waals surface area contributed by atoms with E-state index in [0.29, 0.717) is 17.7 Å². The Kier molecular flexibility index (Phi) is 2.08. The van der Waals surface area contributed by atoms with E-state index in [4.69, 9.17) is 0 Å². The summed E-state index contributed by atoms with van der Waals surface area (Å²) in [4.78, 5) is 15.4. The van der Waals surface area contributed by atoms with Crippen molar-refractivity contribution in [3.63, 3.8) is 0 Å². The predicted molar refractivity (Wildman–Crippen MR) is 46.3 cm³/mol. The molecule has 0 saturated heterocycles. The number of carbonyl (C=O) groups is 1. The van der Waals surface area contributed by atoms with Crippen LogP contribution in [0.1, 0.15) is 34.5 Å². The number of nitrogens with zero attached hydrogens (tertiary/aromatic N) is 1. The van der Waals surface area contributed by atoms with Crippen LogP contribution in [0.3, 0.4) is 0 Å². The molecule has 0 radical (unpaired) electrons. The lowest BCUT2D eigenvalue weighted by atomic mass is 9.92. The van der Waals surface area contributed by atoms with E-state index < -0.39 is 6.67 Å². The summed E-state index contributed by atoms with van der Waals surface area (Å²) in [5.74, 6) is 0.0524. The molecule has 68 valence electrons. The number of hydrogen-bond donors (Lipinski definition) is 0. The number of halogens is 1. The average molecular weight is 179 g/mol. The zero-order chi connectivity index (χ0) is 9.26. The molecule has 2 rings (SSSR count). The van der Waals surface area contributed by atoms with E-state index in [9.17, 15) is 9.18 Å². The second kappa shape index (κ2) is 3.24. The SMILES string of the molecule is O=C1CCCc2c(CF)ccnc21. The van der Waals surface area contributed by atoms with Gasteiger partial charge in [0, 0.05) is 12.6 Å². The lowest BCUT2D eigenvalue weighted by molar-refractivity contribution is 0.0967. The molecule has 0 atom stereocenters. The third-order valence-corrected chi connectivity index (χ3v) is 2.39. The van der Waals surface area contributed by atoms with Crippen molar-refractivity contribution in [2.45, 2.75) is 25.9 Å². The molecule has 1 heterocycles. The van der Waals surface area contributed by atoms with Gasteiger partial charge in [-0.15, -0.1) is 0 Å². The highest BCUT2D eigenvalue weighted by atomic mass is 19.1. The van der Waals surface area contributed by atoms with E-state index in [1.54, 1.807) is 6.07 Å². The van der Waals surface area contributed by atoms with Gasteiger partial charge in [0.25, 0.3) is 0 Å². The second-order valence-corrected chi connectivity index (χ2v) is 3.21. The highest BCUT2D eigenvalue weighted by Gasteiger charge is 2.20. The van der Waals surface area contributed by atoms with E-state index in [-0.39, 0.29) is 5.78 Å². The number of aromatic nitrogens is 1. The van der Waals surface area contributed by atoms with Crippen molar-refractivity contribution < 1.29 is 9.18 Å². The van der Waals surface area contributed by atoms with Gasteiger partial charge in [-0.05, 0) is 30.0 Å². The van der Waals surface area contributed by atoms with Crippen molar-refractivity contribution in [1.82, 2.24) is 4.98 Å². The Hall–Kier alpha value is -1.25. The Labute approximate surface area is 75.8 Å². The third kappa shape index (κ3) is 1.34. The van der Waals surface area contributed by atoms with Gasteiger partial charge in [-0.25, -0.2) is 4.39 Å². The van der Waals surface area contributed by atoms with Crippen molar-refractivity contribution in [1.29, 1.82) is 0 Å². The molecular formula is C10H10FNO. The van der Waals surface area contributed by atoms with Gasteiger partial charge in [0.05, 0.1) is 0 Å². The Morgan fingerprint density at radius 3 is 3.08 bits per heavy atom. The van der Waals surface area contributed by atoms with E-state index in [1.165, 1.54) is 6.20 Å². The van der Waals surface area contributed by atoms with Crippen LogP contribution < -0.4 is 0 Å². The number of Topliss-reactive ketones (excluding diaryl/α,β-unsaturated/α-hetero) is 1. The van der Waals surface area contributed by atoms with Gasteiger partial charge in [-0.1, -0.05) is 0 Å². The van der Waals surface area contributed by atoms with Gasteiger partial charge in [0.1, 0.15) is 12.4 Å². The minimum absolute atomic E-state index is 0.0524. The molecule has 1 aromatic rings. The van der Waals surface area contributed by atoms with Gasteiger partial charge in [-0.2, -0.15) is 0 Å². The number of alkyl halides is 1. The fourth-order valence-corrected chi connectivity index (χ4v) is 1.72. The molecular weight excluding hydrogens is 169 g/mol. The Morgan fingerprint density at radius 2 is 2.31 bits per heavy atom. The number of fused-ring (bicyclic) bond motifs is 1. The van der Waals surface area contributed by atoms with Crippen molar-refractivity contribution >= 4 is 5.78 Å². The first-order chi connectivity index (χ1) is 6.33. The molecule has 1 aliphatic carbocycles. The lowest BCUT2D eigenvalue weighted by Gasteiger charge is -2.15. The van der Waals surface area contributed by atoms with E-state index in [2.05, 4.69) is 4.98 Å². The fourth-order valence-electron chi connectivity index (χ4n) is 1.72. The van der Waals surface area contributed by atoms with Crippen LogP contribution in [0.5, 0.6) is 0 Å². The molecule has 1 aromatic heterocycles. The van der Waals surface area contributed by atoms with Crippen LogP contribution in [0, 0.1) is 0 Å². The summed E-state index contributed by atoms with van der Waals surface area (Å²) in [5, 5.41) is 0. The van der Waals surface area contributed by atoms with Crippen LogP contribution in [0.4, 0.5) is 4.39 Å². The van der Waals surface area contributed by atoms with Crippen molar-refractivity contribution in [2.75, 3.05) is 0 Å². The number of hydrogen-bond acceptors (Lipinski definition) is 2. The Balaban J connectivity index is 2.54. The van der Waals surface area contributed by atoms with Crippen LogP contribution in [0.2, 0.25) is 0 Å². The summed E-state index contributed by atoms with van der Waals surface area (Å²) >= 11 is 0. The molecule has 2 nitrogen and oxygen atoms in total. The molecule has 0 saturated carbocycles. The zero-order valence-corrected chi connectivity index (χ0v) is 7.22. The van der Waals surface area contributed by atoms with Crippen molar-refractivity contribution in [2.24, 2.45) is 0 Å². The first kappa shape index (κ1) is 8.35. The largest absolute Gasteiger partial charge is 0.292 e. The minimum Gasteiger partial charge on any atom is -0.292 e. The lowest BCUT2D eigenvalue weighted by Crippen LogP contribution is -2.14. The molecule has 0 aromatic carbocycles. The summed E-state index contributed by atoms with van der Waals surface area (Å²) < 4.78 is 12.5. The summed E-state index contributed by atoms with van der Waals surface area (Å²) in [6.45, 7) is -0.502. The molecule has 0 aliphatic heterocycles. The quantitative estimate of drug-likeness (QED) is 0.660. The Morgan fingerprint density at radius 1 is 1.46 bits per heavy atom. The zero-order valence-electron chi connectivity index (χ0n) is 7.22.